The van der Waals surface area contributed by atoms with E-state index in [9.17, 15) is 4.79 Å². The Bertz CT molecular complexity index is 863. The van der Waals surface area contributed by atoms with Crippen molar-refractivity contribution in [2.75, 3.05) is 18.4 Å². The quantitative estimate of drug-likeness (QED) is 0.421. The molecule has 2 aliphatic rings. The summed E-state index contributed by atoms with van der Waals surface area (Å²) in [5.41, 5.74) is 10.4. The van der Waals surface area contributed by atoms with E-state index < -0.39 is 0 Å². The molecule has 2 fully saturated rings. The predicted octanol–water partition coefficient (Wildman–Crippen LogP) is 2.90. The molecule has 6 heteroatoms. The van der Waals surface area contributed by atoms with Crippen molar-refractivity contribution in [2.24, 2.45) is 10.7 Å². The highest BCUT2D eigenvalue weighted by Crippen LogP contribution is 2.18. The number of carbonyl (C=O) groups is 1. The SMILES string of the molecule is NC(=Nc1ccc(CCc2ccc(NC(=O)[C@@H]3CCCN3)cc2)cc1)[C@@H]1CCCN1. The number of nitrogens with two attached hydrogens (primary N) is 1. The number of aliphatic imine (C=N–C) groups is 1. The maximum atomic E-state index is 12.2. The average Bonchev–Trinajstić information content (AvgIpc) is 3.48. The Balaban J connectivity index is 1.27. The number of carbonyl (C=O) groups excluding carboxylic acids is 1. The van der Waals surface area contributed by atoms with Gasteiger partial charge in [0, 0.05) is 5.69 Å². The second kappa shape index (κ2) is 9.87. The van der Waals surface area contributed by atoms with Crippen molar-refractivity contribution in [1.82, 2.24) is 10.6 Å². The summed E-state index contributed by atoms with van der Waals surface area (Å²) in [6.45, 7) is 1.94. The maximum Gasteiger partial charge on any atom is 0.241 e. The van der Waals surface area contributed by atoms with E-state index in [4.69, 9.17) is 5.73 Å². The van der Waals surface area contributed by atoms with Gasteiger partial charge >= 0.3 is 0 Å². The third-order valence-corrected chi connectivity index (χ3v) is 5.91. The van der Waals surface area contributed by atoms with Crippen LogP contribution >= 0.6 is 0 Å². The lowest BCUT2D eigenvalue weighted by molar-refractivity contribution is -0.117. The summed E-state index contributed by atoms with van der Waals surface area (Å²) in [6, 6.07) is 16.6. The third-order valence-electron chi connectivity index (χ3n) is 5.91. The molecule has 2 aliphatic heterocycles. The van der Waals surface area contributed by atoms with Gasteiger partial charge in [-0.05, 0) is 87.0 Å². The topological polar surface area (TPSA) is 91.5 Å². The van der Waals surface area contributed by atoms with Crippen LogP contribution in [0.4, 0.5) is 11.4 Å². The molecular formula is C24H31N5O. The lowest BCUT2D eigenvalue weighted by atomic mass is 10.0. The zero-order valence-electron chi connectivity index (χ0n) is 17.4. The molecule has 158 valence electrons. The molecule has 1 amide bonds. The van der Waals surface area contributed by atoms with Gasteiger partial charge in [-0.25, -0.2) is 4.99 Å². The molecule has 0 aromatic heterocycles. The molecule has 2 saturated heterocycles. The van der Waals surface area contributed by atoms with Crippen LogP contribution in [0.5, 0.6) is 0 Å². The molecule has 5 N–H and O–H groups in total. The first-order valence-corrected chi connectivity index (χ1v) is 11.0. The summed E-state index contributed by atoms with van der Waals surface area (Å²) in [6.07, 6.45) is 6.11. The number of benzene rings is 2. The number of nitrogens with one attached hydrogen (secondary N) is 3. The number of aryl methyl sites for hydroxylation is 2. The molecule has 0 radical (unpaired) electrons. The van der Waals surface area contributed by atoms with Gasteiger partial charge in [-0.1, -0.05) is 24.3 Å². The third kappa shape index (κ3) is 5.46. The van der Waals surface area contributed by atoms with Crippen molar-refractivity contribution in [3.63, 3.8) is 0 Å². The van der Waals surface area contributed by atoms with Crippen LogP contribution in [0.25, 0.3) is 0 Å². The van der Waals surface area contributed by atoms with E-state index >= 15 is 0 Å². The Hall–Kier alpha value is -2.70. The number of hydrogen-bond acceptors (Lipinski definition) is 4. The molecule has 2 aromatic rings. The van der Waals surface area contributed by atoms with Crippen LogP contribution in [0.15, 0.2) is 53.5 Å². The second-order valence-corrected chi connectivity index (χ2v) is 8.19. The van der Waals surface area contributed by atoms with Gasteiger partial charge in [-0.3, -0.25) is 4.79 Å². The van der Waals surface area contributed by atoms with Crippen LogP contribution in [-0.2, 0) is 17.6 Å². The highest BCUT2D eigenvalue weighted by molar-refractivity contribution is 5.95. The summed E-state index contributed by atoms with van der Waals surface area (Å²) in [5.74, 6) is 0.739. The van der Waals surface area contributed by atoms with Gasteiger partial charge in [0.05, 0.1) is 17.8 Å². The molecular weight excluding hydrogens is 374 g/mol. The Morgan fingerprint density at radius 1 is 0.900 bits per heavy atom. The predicted molar refractivity (Wildman–Crippen MR) is 122 cm³/mol. The largest absolute Gasteiger partial charge is 0.386 e. The molecule has 0 unspecified atom stereocenters. The summed E-state index contributed by atoms with van der Waals surface area (Å²) >= 11 is 0. The fourth-order valence-corrected chi connectivity index (χ4v) is 4.08. The normalized spacial score (nSPS) is 21.7. The van der Waals surface area contributed by atoms with Crippen molar-refractivity contribution in [1.29, 1.82) is 0 Å². The maximum absolute atomic E-state index is 12.2. The van der Waals surface area contributed by atoms with Crippen LogP contribution in [0.2, 0.25) is 0 Å². The van der Waals surface area contributed by atoms with E-state index in [1.54, 1.807) is 0 Å². The van der Waals surface area contributed by atoms with E-state index in [0.717, 1.165) is 63.0 Å². The molecule has 2 atom stereocenters. The first-order chi connectivity index (χ1) is 14.7. The highest BCUT2D eigenvalue weighted by Gasteiger charge is 2.21. The minimum Gasteiger partial charge on any atom is -0.386 e. The first-order valence-electron chi connectivity index (χ1n) is 11.0. The minimum atomic E-state index is -0.0539. The molecule has 0 spiro atoms. The molecule has 6 nitrogen and oxygen atoms in total. The highest BCUT2D eigenvalue weighted by atomic mass is 16.2. The minimum absolute atomic E-state index is 0.0539. The smallest absolute Gasteiger partial charge is 0.241 e. The number of nitrogens with zero attached hydrogens (tertiary/aromatic N) is 1. The Morgan fingerprint density at radius 3 is 2.03 bits per heavy atom. The van der Waals surface area contributed by atoms with Crippen LogP contribution < -0.4 is 21.7 Å². The number of rotatable bonds is 7. The van der Waals surface area contributed by atoms with Gasteiger partial charge in [0.15, 0.2) is 0 Å². The molecule has 2 heterocycles. The first kappa shape index (κ1) is 20.6. The zero-order chi connectivity index (χ0) is 20.8. The van der Waals surface area contributed by atoms with E-state index in [1.165, 1.54) is 11.1 Å². The summed E-state index contributed by atoms with van der Waals surface area (Å²) < 4.78 is 0. The molecule has 30 heavy (non-hydrogen) atoms. The molecule has 4 rings (SSSR count). The van der Waals surface area contributed by atoms with Crippen LogP contribution in [0.3, 0.4) is 0 Å². The van der Waals surface area contributed by atoms with Gasteiger partial charge < -0.3 is 21.7 Å². The van der Waals surface area contributed by atoms with Gasteiger partial charge in [-0.2, -0.15) is 0 Å². The lowest BCUT2D eigenvalue weighted by Crippen LogP contribution is -2.36. The fraction of sp³-hybridized carbons (Fsp3) is 0.417. The number of hydrogen-bond donors (Lipinski definition) is 4. The van der Waals surface area contributed by atoms with E-state index in [2.05, 4.69) is 45.2 Å². The monoisotopic (exact) mass is 405 g/mol. The van der Waals surface area contributed by atoms with Crippen molar-refractivity contribution < 1.29 is 4.79 Å². The number of anilines is 1. The van der Waals surface area contributed by atoms with E-state index in [1.807, 2.05) is 24.3 Å². The summed E-state index contributed by atoms with van der Waals surface area (Å²) in [4.78, 5) is 16.7. The van der Waals surface area contributed by atoms with E-state index in [-0.39, 0.29) is 18.0 Å². The summed E-state index contributed by atoms with van der Waals surface area (Å²) in [7, 11) is 0. The van der Waals surface area contributed by atoms with Crippen molar-refractivity contribution >= 4 is 23.1 Å². The van der Waals surface area contributed by atoms with Crippen molar-refractivity contribution in [2.45, 2.75) is 50.6 Å². The molecule has 0 saturated carbocycles. The molecule has 0 bridgehead atoms. The molecule has 0 aliphatic carbocycles. The van der Waals surface area contributed by atoms with Gasteiger partial charge in [0.2, 0.25) is 5.91 Å². The summed E-state index contributed by atoms with van der Waals surface area (Å²) in [5, 5.41) is 9.60. The van der Waals surface area contributed by atoms with Gasteiger partial charge in [-0.15, -0.1) is 0 Å². The lowest BCUT2D eigenvalue weighted by Gasteiger charge is -2.11. The van der Waals surface area contributed by atoms with Gasteiger partial charge in [0.1, 0.15) is 5.84 Å². The van der Waals surface area contributed by atoms with Crippen molar-refractivity contribution in [3.8, 4) is 0 Å². The Morgan fingerprint density at radius 2 is 1.47 bits per heavy atom. The fourth-order valence-electron chi connectivity index (χ4n) is 4.08. The molecule has 2 aromatic carbocycles. The second-order valence-electron chi connectivity index (χ2n) is 8.19. The Kier molecular flexibility index (Phi) is 6.77. The van der Waals surface area contributed by atoms with Crippen LogP contribution in [-0.4, -0.2) is 36.9 Å². The standard InChI is InChI=1S/C24H31N5O/c25-23(21-3-1-15-26-21)28-19-11-7-17(8-12-19)5-6-18-9-13-20(14-10-18)29-24(30)22-4-2-16-27-22/h7-14,21-22,26-27H,1-6,15-16H2,(H2,25,28)(H,29,30)/t21-,22-/m0/s1. The Labute approximate surface area is 178 Å². The van der Waals surface area contributed by atoms with E-state index in [0.29, 0.717) is 5.84 Å². The number of amides is 1. The van der Waals surface area contributed by atoms with Crippen LogP contribution in [0, 0.1) is 0 Å². The number of amidine groups is 1. The van der Waals surface area contributed by atoms with Crippen LogP contribution in [0.1, 0.15) is 36.8 Å². The van der Waals surface area contributed by atoms with Gasteiger partial charge in [0.25, 0.3) is 0 Å². The van der Waals surface area contributed by atoms with Crippen molar-refractivity contribution in [3.05, 3.63) is 59.7 Å². The average molecular weight is 406 g/mol. The zero-order valence-corrected chi connectivity index (χ0v) is 17.4.